The molecule has 0 spiro atoms. The third-order valence-corrected chi connectivity index (χ3v) is 1.78. The fourth-order valence-electron chi connectivity index (χ4n) is 1.09. The molecule has 0 unspecified atom stereocenters. The molecule has 0 aliphatic rings. The summed E-state index contributed by atoms with van der Waals surface area (Å²) in [5.74, 6) is -0.581. The summed E-state index contributed by atoms with van der Waals surface area (Å²) in [6, 6.07) is 9.52. The molecule has 0 bridgehead atoms. The van der Waals surface area contributed by atoms with Crippen LogP contribution in [0.15, 0.2) is 36.5 Å². The lowest BCUT2D eigenvalue weighted by Gasteiger charge is -2.04. The molecule has 0 aliphatic carbocycles. The van der Waals surface area contributed by atoms with Crippen molar-refractivity contribution >= 4 is 0 Å². The van der Waals surface area contributed by atoms with Gasteiger partial charge in [-0.1, -0.05) is 6.07 Å². The summed E-state index contributed by atoms with van der Waals surface area (Å²) >= 11 is 0. The lowest BCUT2D eigenvalue weighted by Crippen LogP contribution is -1.93. The van der Waals surface area contributed by atoms with Gasteiger partial charge in [0.05, 0.1) is 0 Å². The molecular weight excluding hydrogens is 209 g/mol. The number of aromatic nitrogens is 2. The van der Waals surface area contributed by atoms with E-state index in [1.807, 2.05) is 6.07 Å². The molecule has 16 heavy (non-hydrogen) atoms. The third-order valence-electron chi connectivity index (χ3n) is 1.78. The molecule has 0 aromatic carbocycles. The van der Waals surface area contributed by atoms with E-state index >= 15 is 0 Å². The fraction of sp³-hybridized carbons (Fsp3) is 0. The molecule has 0 fully saturated rings. The van der Waals surface area contributed by atoms with E-state index in [0.717, 1.165) is 0 Å². The summed E-state index contributed by atoms with van der Waals surface area (Å²) in [6.45, 7) is 0. The number of hydrogen-bond donors (Lipinski definition) is 0. The van der Waals surface area contributed by atoms with Gasteiger partial charge in [0.25, 0.3) is 5.95 Å². The Kier molecular flexibility index (Phi) is 2.74. The lowest BCUT2D eigenvalue weighted by molar-refractivity contribution is 0.415. The molecule has 2 rings (SSSR count). The average Bonchev–Trinajstić information content (AvgIpc) is 2.32. The van der Waals surface area contributed by atoms with Crippen molar-refractivity contribution in [1.29, 1.82) is 5.26 Å². The van der Waals surface area contributed by atoms with Gasteiger partial charge in [-0.15, -0.1) is 0 Å². The van der Waals surface area contributed by atoms with E-state index in [9.17, 15) is 4.39 Å². The Hall–Kier alpha value is -2.48. The predicted molar refractivity (Wildman–Crippen MR) is 53.2 cm³/mol. The maximum absolute atomic E-state index is 13.1. The second-order valence-corrected chi connectivity index (χ2v) is 2.87. The fourth-order valence-corrected chi connectivity index (χ4v) is 1.09. The van der Waals surface area contributed by atoms with Crippen molar-refractivity contribution in [2.75, 3.05) is 0 Å². The summed E-state index contributed by atoms with van der Waals surface area (Å²) in [6.07, 6.45) is 1.32. The van der Waals surface area contributed by atoms with E-state index in [1.54, 1.807) is 12.1 Å². The van der Waals surface area contributed by atoms with Crippen LogP contribution in [-0.4, -0.2) is 9.97 Å². The van der Waals surface area contributed by atoms with Crippen molar-refractivity contribution in [3.8, 4) is 17.7 Å². The Morgan fingerprint density at radius 2 is 2.12 bits per heavy atom. The minimum atomic E-state index is -0.716. The summed E-state index contributed by atoms with van der Waals surface area (Å²) in [4.78, 5) is 7.28. The number of nitrogens with zero attached hydrogens (tertiary/aromatic N) is 3. The van der Waals surface area contributed by atoms with Gasteiger partial charge in [-0.3, -0.25) is 0 Å². The van der Waals surface area contributed by atoms with Gasteiger partial charge < -0.3 is 4.74 Å². The molecule has 78 valence electrons. The van der Waals surface area contributed by atoms with Gasteiger partial charge in [-0.25, -0.2) is 9.97 Å². The zero-order valence-electron chi connectivity index (χ0n) is 8.09. The number of nitriles is 1. The minimum absolute atomic E-state index is 0.0231. The minimum Gasteiger partial charge on any atom is -0.434 e. The summed E-state index contributed by atoms with van der Waals surface area (Å²) < 4.78 is 18.3. The van der Waals surface area contributed by atoms with E-state index in [2.05, 4.69) is 9.97 Å². The van der Waals surface area contributed by atoms with Crippen LogP contribution >= 0.6 is 0 Å². The molecule has 2 aromatic heterocycles. The third kappa shape index (κ3) is 2.12. The Morgan fingerprint density at radius 1 is 1.25 bits per heavy atom. The second kappa shape index (κ2) is 4.36. The zero-order valence-corrected chi connectivity index (χ0v) is 8.09. The molecule has 4 nitrogen and oxygen atoms in total. The molecule has 0 saturated heterocycles. The van der Waals surface area contributed by atoms with Crippen LogP contribution in [0.2, 0.25) is 0 Å². The quantitative estimate of drug-likeness (QED) is 0.721. The van der Waals surface area contributed by atoms with Crippen molar-refractivity contribution in [3.63, 3.8) is 0 Å². The zero-order chi connectivity index (χ0) is 11.4. The highest BCUT2D eigenvalue weighted by Gasteiger charge is 2.05. The SMILES string of the molecule is N#Cc1cccc(Oc2cccnc2F)n1. The van der Waals surface area contributed by atoms with Gasteiger partial charge in [-0.2, -0.15) is 9.65 Å². The summed E-state index contributed by atoms with van der Waals surface area (Å²) in [7, 11) is 0. The predicted octanol–water partition coefficient (Wildman–Crippen LogP) is 2.28. The second-order valence-electron chi connectivity index (χ2n) is 2.87. The van der Waals surface area contributed by atoms with Gasteiger partial charge in [-0.05, 0) is 18.2 Å². The first kappa shape index (κ1) is 10.1. The highest BCUT2D eigenvalue weighted by molar-refractivity contribution is 5.29. The van der Waals surface area contributed by atoms with E-state index in [-0.39, 0.29) is 17.3 Å². The largest absolute Gasteiger partial charge is 0.434 e. The van der Waals surface area contributed by atoms with Crippen molar-refractivity contribution < 1.29 is 9.13 Å². The molecule has 2 heterocycles. The monoisotopic (exact) mass is 215 g/mol. The molecular formula is C11H6FN3O. The first-order valence-electron chi connectivity index (χ1n) is 4.45. The van der Waals surface area contributed by atoms with Gasteiger partial charge in [0.15, 0.2) is 5.75 Å². The maximum Gasteiger partial charge on any atom is 0.255 e. The van der Waals surface area contributed by atoms with Crippen LogP contribution in [0.4, 0.5) is 4.39 Å². The van der Waals surface area contributed by atoms with Crippen LogP contribution in [0.25, 0.3) is 0 Å². The standard InChI is InChI=1S/C11H6FN3O/c12-11-9(4-2-6-14-11)16-10-5-1-3-8(7-13)15-10/h1-6H. The summed E-state index contributed by atoms with van der Waals surface area (Å²) in [5, 5.41) is 8.63. The molecule has 0 amide bonds. The van der Waals surface area contributed by atoms with Crippen LogP contribution in [0.3, 0.4) is 0 Å². The van der Waals surface area contributed by atoms with Gasteiger partial charge in [0.1, 0.15) is 11.8 Å². The Bertz CT molecular complexity index is 551. The smallest absolute Gasteiger partial charge is 0.255 e. The van der Waals surface area contributed by atoms with E-state index in [4.69, 9.17) is 10.00 Å². The average molecular weight is 215 g/mol. The van der Waals surface area contributed by atoms with Gasteiger partial charge >= 0.3 is 0 Å². The van der Waals surface area contributed by atoms with Crippen LogP contribution < -0.4 is 4.74 Å². The van der Waals surface area contributed by atoms with Crippen molar-refractivity contribution in [1.82, 2.24) is 9.97 Å². The van der Waals surface area contributed by atoms with E-state index in [0.29, 0.717) is 0 Å². The molecule has 2 aromatic rings. The van der Waals surface area contributed by atoms with E-state index < -0.39 is 5.95 Å². The van der Waals surface area contributed by atoms with Crippen LogP contribution in [0.1, 0.15) is 5.69 Å². The number of ether oxygens (including phenoxy) is 1. The highest BCUT2D eigenvalue weighted by Crippen LogP contribution is 2.20. The molecule has 0 N–H and O–H groups in total. The van der Waals surface area contributed by atoms with Crippen LogP contribution in [0, 0.1) is 17.3 Å². The molecule has 0 radical (unpaired) electrons. The van der Waals surface area contributed by atoms with Gasteiger partial charge in [0.2, 0.25) is 5.88 Å². The van der Waals surface area contributed by atoms with Crippen LogP contribution in [0.5, 0.6) is 11.6 Å². The normalized spacial score (nSPS) is 9.50. The number of halogens is 1. The highest BCUT2D eigenvalue weighted by atomic mass is 19.1. The lowest BCUT2D eigenvalue weighted by atomic mass is 10.4. The molecule has 0 saturated carbocycles. The Balaban J connectivity index is 2.28. The Labute approximate surface area is 91.0 Å². The van der Waals surface area contributed by atoms with Crippen molar-refractivity contribution in [2.24, 2.45) is 0 Å². The topological polar surface area (TPSA) is 58.8 Å². The van der Waals surface area contributed by atoms with Crippen molar-refractivity contribution in [2.45, 2.75) is 0 Å². The van der Waals surface area contributed by atoms with E-state index in [1.165, 1.54) is 24.4 Å². The molecule has 5 heteroatoms. The molecule has 0 atom stereocenters. The number of hydrogen-bond acceptors (Lipinski definition) is 4. The maximum atomic E-state index is 13.1. The number of rotatable bonds is 2. The first-order valence-corrected chi connectivity index (χ1v) is 4.45. The van der Waals surface area contributed by atoms with Crippen molar-refractivity contribution in [3.05, 3.63) is 48.2 Å². The first-order chi connectivity index (χ1) is 7.79. The van der Waals surface area contributed by atoms with Crippen LogP contribution in [-0.2, 0) is 0 Å². The van der Waals surface area contributed by atoms with Gasteiger partial charge in [0, 0.05) is 12.3 Å². The Morgan fingerprint density at radius 3 is 2.88 bits per heavy atom. The molecule has 0 aliphatic heterocycles. The summed E-state index contributed by atoms with van der Waals surface area (Å²) in [5.41, 5.74) is 0.210. The number of pyridine rings is 2.